The molecule has 0 unspecified atom stereocenters. The van der Waals surface area contributed by atoms with Gasteiger partial charge in [-0.3, -0.25) is 9.20 Å². The van der Waals surface area contributed by atoms with E-state index in [0.717, 1.165) is 11.1 Å². The second-order valence-corrected chi connectivity index (χ2v) is 5.95. The predicted octanol–water partition coefficient (Wildman–Crippen LogP) is 3.41. The molecule has 1 aromatic carbocycles. The number of fused-ring (bicyclic) bond motifs is 1. The number of halogens is 1. The Balaban J connectivity index is 1.69. The molecule has 0 saturated carbocycles. The van der Waals surface area contributed by atoms with Gasteiger partial charge in [0.1, 0.15) is 12.3 Å². The van der Waals surface area contributed by atoms with Crippen LogP contribution in [-0.4, -0.2) is 15.4 Å². The van der Waals surface area contributed by atoms with E-state index in [1.165, 1.54) is 16.5 Å². The smallest absolute Gasteiger partial charge is 0.331 e. The van der Waals surface area contributed by atoms with Crippen LogP contribution in [0.4, 0.5) is 0 Å². The molecule has 126 valence electrons. The zero-order valence-electron chi connectivity index (χ0n) is 13.5. The van der Waals surface area contributed by atoms with Crippen molar-refractivity contribution < 1.29 is 9.53 Å². The van der Waals surface area contributed by atoms with E-state index < -0.39 is 5.97 Å². The lowest BCUT2D eigenvalue weighted by Gasteiger charge is -2.05. The molecule has 2 aromatic heterocycles. The van der Waals surface area contributed by atoms with Crippen molar-refractivity contribution in [1.29, 1.82) is 0 Å². The molecule has 3 rings (SSSR count). The minimum absolute atomic E-state index is 0.0711. The molecule has 0 saturated heterocycles. The fourth-order valence-corrected chi connectivity index (χ4v) is 2.50. The number of carbonyl (C=O) groups is 1. The Morgan fingerprint density at radius 2 is 2.12 bits per heavy atom. The summed E-state index contributed by atoms with van der Waals surface area (Å²) in [5.74, 6) is -0.522. The van der Waals surface area contributed by atoms with E-state index in [4.69, 9.17) is 16.3 Å². The number of pyridine rings is 1. The number of hydrogen-bond donors (Lipinski definition) is 0. The third-order valence-corrected chi connectivity index (χ3v) is 3.72. The fourth-order valence-electron chi connectivity index (χ4n) is 2.30. The predicted molar refractivity (Wildman–Crippen MR) is 96.5 cm³/mol. The number of hydrogen-bond acceptors (Lipinski definition) is 4. The molecular formula is C19H15ClN2O3. The van der Waals surface area contributed by atoms with E-state index in [1.54, 1.807) is 36.5 Å². The average molecular weight is 355 g/mol. The van der Waals surface area contributed by atoms with Crippen molar-refractivity contribution in [3.63, 3.8) is 0 Å². The quantitative estimate of drug-likeness (QED) is 0.532. The molecule has 2 heterocycles. The minimum atomic E-state index is -0.522. The summed E-state index contributed by atoms with van der Waals surface area (Å²) in [6.07, 6.45) is 4.64. The van der Waals surface area contributed by atoms with E-state index in [0.29, 0.717) is 16.4 Å². The SMILES string of the molecule is Cc1ccc2nc(COC(=O)/C=C/c3cccc(Cl)c3)cc(=O)n2c1. The molecule has 6 heteroatoms. The fraction of sp³-hybridized carbons (Fsp3) is 0.105. The highest BCUT2D eigenvalue weighted by molar-refractivity contribution is 6.30. The molecule has 5 nitrogen and oxygen atoms in total. The first-order valence-corrected chi connectivity index (χ1v) is 7.98. The Bertz CT molecular complexity index is 1020. The molecule has 0 aliphatic carbocycles. The summed E-state index contributed by atoms with van der Waals surface area (Å²) in [5.41, 5.74) is 2.45. The van der Waals surface area contributed by atoms with Gasteiger partial charge in [-0.25, -0.2) is 9.78 Å². The molecule has 0 spiro atoms. The Morgan fingerprint density at radius 3 is 2.92 bits per heavy atom. The third kappa shape index (κ3) is 4.33. The number of nitrogens with zero attached hydrogens (tertiary/aromatic N) is 2. The van der Waals surface area contributed by atoms with Crippen LogP contribution in [0.3, 0.4) is 0 Å². The number of carbonyl (C=O) groups excluding carboxylic acids is 1. The highest BCUT2D eigenvalue weighted by Gasteiger charge is 2.05. The van der Waals surface area contributed by atoms with Crippen LogP contribution in [0.25, 0.3) is 11.7 Å². The molecule has 0 radical (unpaired) electrons. The first-order chi connectivity index (χ1) is 12.0. The summed E-state index contributed by atoms with van der Waals surface area (Å²) in [6.45, 7) is 1.83. The van der Waals surface area contributed by atoms with Gasteiger partial charge in [0.2, 0.25) is 0 Å². The number of aromatic nitrogens is 2. The number of ether oxygens (including phenoxy) is 1. The third-order valence-electron chi connectivity index (χ3n) is 3.48. The van der Waals surface area contributed by atoms with Gasteiger partial charge in [-0.05, 0) is 42.3 Å². The maximum Gasteiger partial charge on any atom is 0.331 e. The number of benzene rings is 1. The summed E-state index contributed by atoms with van der Waals surface area (Å²) in [5, 5.41) is 0.589. The van der Waals surface area contributed by atoms with Crippen molar-refractivity contribution in [3.05, 3.63) is 86.9 Å². The van der Waals surface area contributed by atoms with E-state index >= 15 is 0 Å². The van der Waals surface area contributed by atoms with E-state index in [9.17, 15) is 9.59 Å². The summed E-state index contributed by atoms with van der Waals surface area (Å²) < 4.78 is 6.60. The molecular weight excluding hydrogens is 340 g/mol. The summed E-state index contributed by atoms with van der Waals surface area (Å²) in [7, 11) is 0. The molecule has 0 amide bonds. The van der Waals surface area contributed by atoms with Crippen LogP contribution >= 0.6 is 11.6 Å². The van der Waals surface area contributed by atoms with Gasteiger partial charge < -0.3 is 4.74 Å². The van der Waals surface area contributed by atoms with E-state index in [2.05, 4.69) is 4.98 Å². The van der Waals surface area contributed by atoms with Crippen LogP contribution < -0.4 is 5.56 Å². The molecule has 0 N–H and O–H groups in total. The minimum Gasteiger partial charge on any atom is -0.456 e. The Hall–Kier alpha value is -2.92. The highest BCUT2D eigenvalue weighted by atomic mass is 35.5. The topological polar surface area (TPSA) is 60.7 Å². The second-order valence-electron chi connectivity index (χ2n) is 5.52. The van der Waals surface area contributed by atoms with Crippen molar-refractivity contribution in [1.82, 2.24) is 9.38 Å². The van der Waals surface area contributed by atoms with Gasteiger partial charge in [0.25, 0.3) is 5.56 Å². The van der Waals surface area contributed by atoms with Gasteiger partial charge in [0, 0.05) is 23.4 Å². The van der Waals surface area contributed by atoms with Gasteiger partial charge in [0.15, 0.2) is 0 Å². The van der Waals surface area contributed by atoms with Crippen LogP contribution in [0, 0.1) is 6.92 Å². The number of esters is 1. The Labute approximate surface area is 149 Å². The first kappa shape index (κ1) is 16.9. The average Bonchev–Trinajstić information content (AvgIpc) is 2.59. The summed E-state index contributed by atoms with van der Waals surface area (Å²) in [6, 6.07) is 12.1. The number of aryl methyl sites for hydroxylation is 1. The monoisotopic (exact) mass is 354 g/mol. The van der Waals surface area contributed by atoms with Crippen LogP contribution in [-0.2, 0) is 16.1 Å². The first-order valence-electron chi connectivity index (χ1n) is 7.60. The Morgan fingerprint density at radius 1 is 1.28 bits per heavy atom. The largest absolute Gasteiger partial charge is 0.456 e. The van der Waals surface area contributed by atoms with E-state index in [-0.39, 0.29) is 12.2 Å². The maximum atomic E-state index is 12.1. The van der Waals surface area contributed by atoms with Crippen LogP contribution in [0.1, 0.15) is 16.8 Å². The zero-order valence-corrected chi connectivity index (χ0v) is 14.2. The maximum absolute atomic E-state index is 12.1. The van der Waals surface area contributed by atoms with Crippen molar-refractivity contribution in [2.75, 3.05) is 0 Å². The van der Waals surface area contributed by atoms with Gasteiger partial charge in [0.05, 0.1) is 5.69 Å². The molecule has 0 aliphatic rings. The van der Waals surface area contributed by atoms with Crippen LogP contribution in [0.2, 0.25) is 5.02 Å². The normalized spacial score (nSPS) is 11.1. The second kappa shape index (κ2) is 7.32. The molecule has 0 aliphatic heterocycles. The lowest BCUT2D eigenvalue weighted by Crippen LogP contribution is -2.16. The van der Waals surface area contributed by atoms with E-state index in [1.807, 2.05) is 19.1 Å². The van der Waals surface area contributed by atoms with Gasteiger partial charge in [-0.2, -0.15) is 0 Å². The van der Waals surface area contributed by atoms with Crippen molar-refractivity contribution >= 4 is 29.3 Å². The molecule has 0 atom stereocenters. The van der Waals surface area contributed by atoms with Crippen LogP contribution in [0.5, 0.6) is 0 Å². The van der Waals surface area contributed by atoms with Gasteiger partial charge in [-0.15, -0.1) is 0 Å². The van der Waals surface area contributed by atoms with Crippen molar-refractivity contribution in [2.24, 2.45) is 0 Å². The number of rotatable bonds is 4. The molecule has 0 fully saturated rings. The van der Waals surface area contributed by atoms with Gasteiger partial charge >= 0.3 is 5.97 Å². The highest BCUT2D eigenvalue weighted by Crippen LogP contribution is 2.12. The zero-order chi connectivity index (χ0) is 17.8. The van der Waals surface area contributed by atoms with Crippen molar-refractivity contribution in [2.45, 2.75) is 13.5 Å². The molecule has 25 heavy (non-hydrogen) atoms. The Kier molecular flexibility index (Phi) is 4.95. The molecule has 0 bridgehead atoms. The summed E-state index contributed by atoms with van der Waals surface area (Å²) in [4.78, 5) is 28.2. The standard InChI is InChI=1S/C19H15ClN2O3/c1-13-5-7-17-21-16(10-18(23)22(17)11-13)12-25-19(24)8-6-14-3-2-4-15(20)9-14/h2-11H,12H2,1H3/b8-6+. The molecule has 3 aromatic rings. The van der Waals surface area contributed by atoms with Crippen LogP contribution in [0.15, 0.2) is 59.5 Å². The lowest BCUT2D eigenvalue weighted by molar-refractivity contribution is -0.139. The lowest BCUT2D eigenvalue weighted by atomic mass is 10.2. The van der Waals surface area contributed by atoms with Crippen molar-refractivity contribution in [3.8, 4) is 0 Å². The van der Waals surface area contributed by atoms with Gasteiger partial charge in [-0.1, -0.05) is 29.8 Å². The summed E-state index contributed by atoms with van der Waals surface area (Å²) >= 11 is 5.88.